The molecule has 0 aliphatic heterocycles. The second kappa shape index (κ2) is 7.34. The van der Waals surface area contributed by atoms with E-state index in [1.807, 2.05) is 13.8 Å². The fourth-order valence-corrected chi connectivity index (χ4v) is 1.70. The van der Waals surface area contributed by atoms with E-state index >= 15 is 0 Å². The molecule has 0 amide bonds. The van der Waals surface area contributed by atoms with Gasteiger partial charge in [-0.2, -0.15) is 0 Å². The second-order valence-corrected chi connectivity index (χ2v) is 4.85. The lowest BCUT2D eigenvalue weighted by molar-refractivity contribution is 0.447. The average Bonchev–Trinajstić information content (AvgIpc) is 2.34. The summed E-state index contributed by atoms with van der Waals surface area (Å²) >= 11 is 0. The second-order valence-electron chi connectivity index (χ2n) is 4.85. The zero-order valence-electron chi connectivity index (χ0n) is 11.6. The van der Waals surface area contributed by atoms with Crippen LogP contribution in [-0.4, -0.2) is 13.1 Å². The van der Waals surface area contributed by atoms with Gasteiger partial charge in [-0.15, -0.1) is 0 Å². The molecular weight excluding hydrogens is 251 g/mol. The first-order chi connectivity index (χ1) is 8.95. The van der Waals surface area contributed by atoms with Crippen molar-refractivity contribution in [1.82, 2.24) is 5.32 Å². The molecule has 1 aromatic rings. The third-order valence-electron chi connectivity index (χ3n) is 2.86. The molecule has 4 heteroatoms. The van der Waals surface area contributed by atoms with Gasteiger partial charge in [0.15, 0.2) is 17.5 Å². The first-order valence-corrected chi connectivity index (χ1v) is 6.51. The summed E-state index contributed by atoms with van der Waals surface area (Å²) in [5.41, 5.74) is 1.37. The Morgan fingerprint density at radius 2 is 1.79 bits per heavy atom. The minimum atomic E-state index is -1.42. The standard InChI is InChI=1S/C15H20F3N/c1-4-5-19-9-12(10(2)3)6-11-7-13(16)15(18)14(17)8-11/h6-8,10,19H,4-5,9H2,1-3H3. The molecule has 0 fully saturated rings. The highest BCUT2D eigenvalue weighted by molar-refractivity contribution is 5.54. The van der Waals surface area contributed by atoms with E-state index in [0.29, 0.717) is 12.1 Å². The quantitative estimate of drug-likeness (QED) is 0.605. The summed E-state index contributed by atoms with van der Waals surface area (Å²) in [6.07, 6.45) is 2.73. The molecule has 1 N–H and O–H groups in total. The first kappa shape index (κ1) is 15.8. The fraction of sp³-hybridized carbons (Fsp3) is 0.467. The summed E-state index contributed by atoms with van der Waals surface area (Å²) in [6.45, 7) is 7.63. The molecule has 0 saturated heterocycles. The zero-order valence-corrected chi connectivity index (χ0v) is 11.6. The number of benzene rings is 1. The van der Waals surface area contributed by atoms with Gasteiger partial charge in [-0.3, -0.25) is 0 Å². The van der Waals surface area contributed by atoms with Gasteiger partial charge in [-0.05, 0) is 36.6 Å². The van der Waals surface area contributed by atoms with Crippen molar-refractivity contribution in [3.8, 4) is 0 Å². The van der Waals surface area contributed by atoms with Crippen LogP contribution in [0.15, 0.2) is 17.7 Å². The van der Waals surface area contributed by atoms with Crippen LogP contribution >= 0.6 is 0 Å². The maximum absolute atomic E-state index is 13.1. The number of hydrogen-bond acceptors (Lipinski definition) is 1. The molecule has 0 aliphatic rings. The Hall–Kier alpha value is -1.29. The Labute approximate surface area is 112 Å². The highest BCUT2D eigenvalue weighted by Crippen LogP contribution is 2.18. The Balaban J connectivity index is 2.95. The third kappa shape index (κ3) is 4.71. The van der Waals surface area contributed by atoms with E-state index in [0.717, 1.165) is 30.7 Å². The maximum atomic E-state index is 13.1. The van der Waals surface area contributed by atoms with E-state index in [1.165, 1.54) is 0 Å². The van der Waals surface area contributed by atoms with Crippen LogP contribution in [0.5, 0.6) is 0 Å². The largest absolute Gasteiger partial charge is 0.313 e. The van der Waals surface area contributed by atoms with E-state index in [9.17, 15) is 13.2 Å². The molecule has 0 spiro atoms. The van der Waals surface area contributed by atoms with Crippen LogP contribution in [0.3, 0.4) is 0 Å². The molecule has 0 aliphatic carbocycles. The van der Waals surface area contributed by atoms with Crippen molar-refractivity contribution in [3.05, 3.63) is 40.7 Å². The van der Waals surface area contributed by atoms with Crippen molar-refractivity contribution in [3.63, 3.8) is 0 Å². The molecule has 0 heterocycles. The molecule has 0 saturated carbocycles. The summed E-state index contributed by atoms with van der Waals surface area (Å²) in [5, 5.41) is 3.25. The van der Waals surface area contributed by atoms with Gasteiger partial charge >= 0.3 is 0 Å². The predicted octanol–water partition coefficient (Wildman–Crippen LogP) is 4.14. The third-order valence-corrected chi connectivity index (χ3v) is 2.86. The van der Waals surface area contributed by atoms with E-state index in [-0.39, 0.29) is 5.92 Å². The van der Waals surface area contributed by atoms with Crippen LogP contribution in [0.1, 0.15) is 32.8 Å². The lowest BCUT2D eigenvalue weighted by Gasteiger charge is -2.13. The van der Waals surface area contributed by atoms with Gasteiger partial charge in [0, 0.05) is 6.54 Å². The molecule has 0 aromatic heterocycles. The van der Waals surface area contributed by atoms with Crippen LogP contribution in [0.25, 0.3) is 6.08 Å². The summed E-state index contributed by atoms with van der Waals surface area (Å²) in [5.74, 6) is -3.49. The van der Waals surface area contributed by atoms with Crippen molar-refractivity contribution in [1.29, 1.82) is 0 Å². The highest BCUT2D eigenvalue weighted by atomic mass is 19.2. The molecule has 0 bridgehead atoms. The van der Waals surface area contributed by atoms with E-state index in [1.54, 1.807) is 6.08 Å². The summed E-state index contributed by atoms with van der Waals surface area (Å²) in [6, 6.07) is 2.03. The monoisotopic (exact) mass is 271 g/mol. The normalized spacial score (nSPS) is 12.3. The van der Waals surface area contributed by atoms with Crippen LogP contribution in [0, 0.1) is 23.4 Å². The smallest absolute Gasteiger partial charge is 0.194 e. The number of halogens is 3. The van der Waals surface area contributed by atoms with Gasteiger partial charge in [0.25, 0.3) is 0 Å². The van der Waals surface area contributed by atoms with E-state index in [4.69, 9.17) is 0 Å². The zero-order chi connectivity index (χ0) is 14.4. The summed E-state index contributed by atoms with van der Waals surface area (Å²) < 4.78 is 39.1. The van der Waals surface area contributed by atoms with E-state index < -0.39 is 17.5 Å². The van der Waals surface area contributed by atoms with Gasteiger partial charge in [-0.25, -0.2) is 13.2 Å². The molecule has 1 nitrogen and oxygen atoms in total. The first-order valence-electron chi connectivity index (χ1n) is 6.51. The minimum Gasteiger partial charge on any atom is -0.313 e. The fourth-order valence-electron chi connectivity index (χ4n) is 1.70. The molecule has 1 aromatic carbocycles. The lowest BCUT2D eigenvalue weighted by Crippen LogP contribution is -2.19. The van der Waals surface area contributed by atoms with Crippen molar-refractivity contribution >= 4 is 6.08 Å². The Kier molecular flexibility index (Phi) is 6.09. The maximum Gasteiger partial charge on any atom is 0.194 e. The van der Waals surface area contributed by atoms with Crippen molar-refractivity contribution in [2.24, 2.45) is 5.92 Å². The highest BCUT2D eigenvalue weighted by Gasteiger charge is 2.10. The van der Waals surface area contributed by atoms with Crippen LogP contribution in [-0.2, 0) is 0 Å². The summed E-state index contributed by atoms with van der Waals surface area (Å²) in [4.78, 5) is 0. The number of rotatable bonds is 6. The Bertz CT molecular complexity index is 430. The molecule has 0 atom stereocenters. The number of nitrogens with one attached hydrogen (secondary N) is 1. The lowest BCUT2D eigenvalue weighted by atomic mass is 10.00. The van der Waals surface area contributed by atoms with Gasteiger partial charge < -0.3 is 5.32 Å². The molecule has 0 radical (unpaired) electrons. The Morgan fingerprint density at radius 3 is 2.26 bits per heavy atom. The predicted molar refractivity (Wildman–Crippen MR) is 72.3 cm³/mol. The van der Waals surface area contributed by atoms with Crippen LogP contribution < -0.4 is 5.32 Å². The van der Waals surface area contributed by atoms with Crippen molar-refractivity contribution in [2.45, 2.75) is 27.2 Å². The Morgan fingerprint density at radius 1 is 1.21 bits per heavy atom. The van der Waals surface area contributed by atoms with Crippen LogP contribution in [0.2, 0.25) is 0 Å². The van der Waals surface area contributed by atoms with Gasteiger partial charge in [0.2, 0.25) is 0 Å². The SMILES string of the molecule is CCCNCC(=Cc1cc(F)c(F)c(F)c1)C(C)C. The van der Waals surface area contributed by atoms with Crippen molar-refractivity contribution < 1.29 is 13.2 Å². The van der Waals surface area contributed by atoms with Crippen LogP contribution in [0.4, 0.5) is 13.2 Å². The topological polar surface area (TPSA) is 12.0 Å². The van der Waals surface area contributed by atoms with Gasteiger partial charge in [0.05, 0.1) is 0 Å². The molecular formula is C15H20F3N. The summed E-state index contributed by atoms with van der Waals surface area (Å²) in [7, 11) is 0. The molecule has 19 heavy (non-hydrogen) atoms. The minimum absolute atomic E-state index is 0.250. The molecule has 0 unspecified atom stereocenters. The number of hydrogen-bond donors (Lipinski definition) is 1. The van der Waals surface area contributed by atoms with Gasteiger partial charge in [-0.1, -0.05) is 32.4 Å². The average molecular weight is 271 g/mol. The van der Waals surface area contributed by atoms with Gasteiger partial charge in [0.1, 0.15) is 0 Å². The van der Waals surface area contributed by atoms with E-state index in [2.05, 4.69) is 12.2 Å². The molecule has 1 rings (SSSR count). The van der Waals surface area contributed by atoms with Crippen molar-refractivity contribution in [2.75, 3.05) is 13.1 Å². The molecule has 106 valence electrons.